The Morgan fingerprint density at radius 2 is 2.12 bits per heavy atom. The standard InChI is InChI=1S/C18H24ClFN2O2/c19-17-10-15(20)4-3-14(17)9-18(24)22-7-6-21(11-13-1-2-13)16(12-22)5-8-23/h3-4,10,13,16,23H,1-2,5-9,11-12H2/t16-/m0/s1. The number of carbonyl (C=O) groups excluding carboxylic acids is 1. The molecule has 1 heterocycles. The first kappa shape index (κ1) is 17.6. The SMILES string of the molecule is O=C(Cc1ccc(F)cc1Cl)N1CCN(CC2CC2)[C@@H](CCO)C1. The van der Waals surface area contributed by atoms with Crippen molar-refractivity contribution >= 4 is 17.5 Å². The second-order valence-corrected chi connectivity index (χ2v) is 7.26. The molecular weight excluding hydrogens is 331 g/mol. The molecule has 2 fully saturated rings. The van der Waals surface area contributed by atoms with Crippen LogP contribution in [0.5, 0.6) is 0 Å². The van der Waals surface area contributed by atoms with Crippen LogP contribution >= 0.6 is 11.6 Å². The molecule has 4 nitrogen and oxygen atoms in total. The number of rotatable bonds is 6. The lowest BCUT2D eigenvalue weighted by atomic mass is 10.1. The molecule has 1 N–H and O–H groups in total. The van der Waals surface area contributed by atoms with Gasteiger partial charge in [-0.3, -0.25) is 9.69 Å². The van der Waals surface area contributed by atoms with Crippen LogP contribution in [0.3, 0.4) is 0 Å². The second kappa shape index (κ2) is 7.81. The van der Waals surface area contributed by atoms with Gasteiger partial charge >= 0.3 is 0 Å². The highest BCUT2D eigenvalue weighted by atomic mass is 35.5. The van der Waals surface area contributed by atoms with E-state index in [2.05, 4.69) is 4.90 Å². The van der Waals surface area contributed by atoms with E-state index >= 15 is 0 Å². The number of hydrogen-bond donors (Lipinski definition) is 1. The van der Waals surface area contributed by atoms with Crippen molar-refractivity contribution in [2.45, 2.75) is 31.7 Å². The summed E-state index contributed by atoms with van der Waals surface area (Å²) in [5, 5.41) is 9.62. The van der Waals surface area contributed by atoms with Crippen LogP contribution in [-0.4, -0.2) is 59.6 Å². The van der Waals surface area contributed by atoms with Crippen molar-refractivity contribution in [3.8, 4) is 0 Å². The van der Waals surface area contributed by atoms with E-state index in [1.807, 2.05) is 4.90 Å². The summed E-state index contributed by atoms with van der Waals surface area (Å²) in [6, 6.07) is 4.37. The molecular formula is C18H24ClFN2O2. The number of hydrogen-bond acceptors (Lipinski definition) is 3. The van der Waals surface area contributed by atoms with E-state index in [-0.39, 0.29) is 25.0 Å². The molecule has 0 spiro atoms. The average Bonchev–Trinajstić information content (AvgIpc) is 3.36. The van der Waals surface area contributed by atoms with E-state index in [4.69, 9.17) is 11.6 Å². The Balaban J connectivity index is 1.60. The first-order chi connectivity index (χ1) is 11.6. The minimum atomic E-state index is -0.395. The highest BCUT2D eigenvalue weighted by Gasteiger charge is 2.33. The number of nitrogens with zero attached hydrogens (tertiary/aromatic N) is 2. The smallest absolute Gasteiger partial charge is 0.227 e. The van der Waals surface area contributed by atoms with Crippen LogP contribution in [0.2, 0.25) is 5.02 Å². The molecule has 1 atom stereocenters. The fraction of sp³-hybridized carbons (Fsp3) is 0.611. The monoisotopic (exact) mass is 354 g/mol. The molecule has 1 amide bonds. The number of benzene rings is 1. The minimum Gasteiger partial charge on any atom is -0.396 e. The molecule has 0 bridgehead atoms. The van der Waals surface area contributed by atoms with Crippen molar-refractivity contribution in [2.75, 3.05) is 32.8 Å². The topological polar surface area (TPSA) is 43.8 Å². The normalized spacial score (nSPS) is 22.0. The molecule has 0 unspecified atom stereocenters. The number of aliphatic hydroxyl groups excluding tert-OH is 1. The largest absolute Gasteiger partial charge is 0.396 e. The molecule has 1 aromatic carbocycles. The van der Waals surface area contributed by atoms with E-state index in [1.54, 1.807) is 6.07 Å². The zero-order valence-corrected chi connectivity index (χ0v) is 14.5. The van der Waals surface area contributed by atoms with E-state index in [9.17, 15) is 14.3 Å². The van der Waals surface area contributed by atoms with Gasteiger partial charge < -0.3 is 10.0 Å². The molecule has 0 radical (unpaired) electrons. The van der Waals surface area contributed by atoms with Crippen molar-refractivity contribution in [3.05, 3.63) is 34.6 Å². The third-order valence-electron chi connectivity index (χ3n) is 4.97. The Morgan fingerprint density at radius 1 is 1.33 bits per heavy atom. The molecule has 1 saturated carbocycles. The van der Waals surface area contributed by atoms with Crippen LogP contribution in [0.1, 0.15) is 24.8 Å². The fourth-order valence-corrected chi connectivity index (χ4v) is 3.59. The summed E-state index contributed by atoms with van der Waals surface area (Å²) in [4.78, 5) is 16.9. The maximum absolute atomic E-state index is 13.1. The molecule has 1 saturated heterocycles. The fourth-order valence-electron chi connectivity index (χ4n) is 3.35. The van der Waals surface area contributed by atoms with Gasteiger partial charge in [-0.2, -0.15) is 0 Å². The molecule has 0 aromatic heterocycles. The summed E-state index contributed by atoms with van der Waals surface area (Å²) in [6.07, 6.45) is 3.48. The summed E-state index contributed by atoms with van der Waals surface area (Å²) in [6.45, 7) is 3.41. The van der Waals surface area contributed by atoms with Crippen LogP contribution in [0.15, 0.2) is 18.2 Å². The van der Waals surface area contributed by atoms with Crippen molar-refractivity contribution in [1.29, 1.82) is 0 Å². The summed E-state index contributed by atoms with van der Waals surface area (Å²) in [7, 11) is 0. The highest BCUT2D eigenvalue weighted by molar-refractivity contribution is 6.31. The molecule has 6 heteroatoms. The summed E-state index contributed by atoms with van der Waals surface area (Å²) in [5.74, 6) is 0.414. The van der Waals surface area contributed by atoms with Gasteiger partial charge in [0.15, 0.2) is 0 Å². The Morgan fingerprint density at radius 3 is 2.79 bits per heavy atom. The van der Waals surface area contributed by atoms with E-state index in [0.29, 0.717) is 30.1 Å². The van der Waals surface area contributed by atoms with Crippen LogP contribution in [0.25, 0.3) is 0 Å². The van der Waals surface area contributed by atoms with Gasteiger partial charge in [-0.05, 0) is 42.9 Å². The lowest BCUT2D eigenvalue weighted by molar-refractivity contribution is -0.133. The minimum absolute atomic E-state index is 0.0116. The number of halogens is 2. The summed E-state index contributed by atoms with van der Waals surface area (Å²) >= 11 is 6.03. The zero-order valence-electron chi connectivity index (χ0n) is 13.8. The summed E-state index contributed by atoms with van der Waals surface area (Å²) in [5.41, 5.74) is 0.655. The predicted octanol–water partition coefficient (Wildman–Crippen LogP) is 2.33. The predicted molar refractivity (Wildman–Crippen MR) is 91.5 cm³/mol. The van der Waals surface area contributed by atoms with Gasteiger partial charge in [0, 0.05) is 43.9 Å². The Labute approximate surface area is 147 Å². The van der Waals surface area contributed by atoms with E-state index < -0.39 is 5.82 Å². The zero-order chi connectivity index (χ0) is 17.1. The van der Waals surface area contributed by atoms with Gasteiger partial charge in [0.25, 0.3) is 0 Å². The van der Waals surface area contributed by atoms with Crippen molar-refractivity contribution in [1.82, 2.24) is 9.80 Å². The molecule has 3 rings (SSSR count). The third kappa shape index (κ3) is 4.47. The summed E-state index contributed by atoms with van der Waals surface area (Å²) < 4.78 is 13.1. The number of carbonyl (C=O) groups is 1. The maximum atomic E-state index is 13.1. The molecule has 132 valence electrons. The number of aliphatic hydroxyl groups is 1. The van der Waals surface area contributed by atoms with Gasteiger partial charge in [-0.25, -0.2) is 4.39 Å². The third-order valence-corrected chi connectivity index (χ3v) is 5.32. The average molecular weight is 355 g/mol. The lowest BCUT2D eigenvalue weighted by Gasteiger charge is -2.41. The number of amides is 1. The van der Waals surface area contributed by atoms with Gasteiger partial charge in [0.2, 0.25) is 5.91 Å². The Kier molecular flexibility index (Phi) is 5.74. The van der Waals surface area contributed by atoms with Crippen molar-refractivity contribution < 1.29 is 14.3 Å². The van der Waals surface area contributed by atoms with E-state index in [0.717, 1.165) is 19.0 Å². The first-order valence-corrected chi connectivity index (χ1v) is 9.01. The first-order valence-electron chi connectivity index (χ1n) is 8.63. The van der Waals surface area contributed by atoms with Crippen LogP contribution < -0.4 is 0 Å². The van der Waals surface area contributed by atoms with Gasteiger partial charge in [0.1, 0.15) is 5.82 Å². The van der Waals surface area contributed by atoms with Crippen molar-refractivity contribution in [3.63, 3.8) is 0 Å². The van der Waals surface area contributed by atoms with Gasteiger partial charge in [-0.1, -0.05) is 17.7 Å². The molecule has 24 heavy (non-hydrogen) atoms. The van der Waals surface area contributed by atoms with Crippen molar-refractivity contribution in [2.24, 2.45) is 5.92 Å². The van der Waals surface area contributed by atoms with Crippen LogP contribution in [-0.2, 0) is 11.2 Å². The second-order valence-electron chi connectivity index (χ2n) is 6.86. The highest BCUT2D eigenvalue weighted by Crippen LogP contribution is 2.31. The lowest BCUT2D eigenvalue weighted by Crippen LogP contribution is -2.55. The molecule has 1 aliphatic heterocycles. The Hall–Kier alpha value is -1.17. The van der Waals surface area contributed by atoms with Gasteiger partial charge in [-0.15, -0.1) is 0 Å². The quantitative estimate of drug-likeness (QED) is 0.852. The maximum Gasteiger partial charge on any atom is 0.227 e. The molecule has 1 aliphatic carbocycles. The molecule has 1 aromatic rings. The molecule has 2 aliphatic rings. The van der Waals surface area contributed by atoms with Crippen LogP contribution in [0, 0.1) is 11.7 Å². The van der Waals surface area contributed by atoms with Gasteiger partial charge in [0.05, 0.1) is 6.42 Å². The van der Waals surface area contributed by atoms with E-state index in [1.165, 1.54) is 25.0 Å². The Bertz CT molecular complexity index is 594. The number of piperazine rings is 1. The van der Waals surface area contributed by atoms with Crippen LogP contribution in [0.4, 0.5) is 4.39 Å².